The summed E-state index contributed by atoms with van der Waals surface area (Å²) in [4.78, 5) is 8.29. The summed E-state index contributed by atoms with van der Waals surface area (Å²) in [6.45, 7) is 3.39. The van der Waals surface area contributed by atoms with E-state index in [0.717, 1.165) is 0 Å². The molecular weight excluding hydrogens is 194 g/mol. The summed E-state index contributed by atoms with van der Waals surface area (Å²) in [6, 6.07) is 0. The van der Waals surface area contributed by atoms with E-state index in [2.05, 4.69) is 9.97 Å². The number of imidazole rings is 1. The molecule has 0 amide bonds. The molecule has 0 aliphatic heterocycles. The number of hydrogen-bond acceptors (Lipinski definition) is 4. The Balaban J connectivity index is 2.56. The molecule has 1 N–H and O–H groups in total. The molecule has 0 radical (unpaired) electrons. The number of ether oxygens (including phenoxy) is 1. The Bertz CT molecular complexity index is 485. The summed E-state index contributed by atoms with van der Waals surface area (Å²) >= 11 is 0. The van der Waals surface area contributed by atoms with Gasteiger partial charge in [0.05, 0.1) is 25.2 Å². The van der Waals surface area contributed by atoms with Crippen LogP contribution in [0.25, 0.3) is 5.65 Å². The molecule has 0 saturated carbocycles. The Morgan fingerprint density at radius 1 is 1.40 bits per heavy atom. The zero-order valence-corrected chi connectivity index (χ0v) is 8.93. The van der Waals surface area contributed by atoms with Crippen molar-refractivity contribution in [2.24, 2.45) is 0 Å². The number of rotatable bonds is 2. The van der Waals surface area contributed by atoms with Gasteiger partial charge in [-0.2, -0.15) is 0 Å². The molecule has 5 heteroatoms. The van der Waals surface area contributed by atoms with Crippen LogP contribution in [-0.2, 0) is 5.60 Å². The molecule has 0 saturated heterocycles. The van der Waals surface area contributed by atoms with Crippen LogP contribution >= 0.6 is 0 Å². The van der Waals surface area contributed by atoms with Gasteiger partial charge in [0, 0.05) is 6.20 Å². The lowest BCUT2D eigenvalue weighted by atomic mass is 10.1. The van der Waals surface area contributed by atoms with Crippen LogP contribution < -0.4 is 4.74 Å². The van der Waals surface area contributed by atoms with Gasteiger partial charge in [-0.05, 0) is 13.8 Å². The van der Waals surface area contributed by atoms with Gasteiger partial charge in [0.2, 0.25) is 5.88 Å². The average molecular weight is 207 g/mol. The predicted molar refractivity (Wildman–Crippen MR) is 54.8 cm³/mol. The fourth-order valence-corrected chi connectivity index (χ4v) is 1.28. The first kappa shape index (κ1) is 9.92. The van der Waals surface area contributed by atoms with Crippen molar-refractivity contribution < 1.29 is 9.84 Å². The van der Waals surface area contributed by atoms with E-state index in [1.165, 1.54) is 0 Å². The molecule has 0 unspecified atom stereocenters. The number of methoxy groups -OCH3 is 1. The lowest BCUT2D eigenvalue weighted by Gasteiger charge is -2.12. The molecule has 2 heterocycles. The van der Waals surface area contributed by atoms with Gasteiger partial charge >= 0.3 is 0 Å². The van der Waals surface area contributed by atoms with Crippen LogP contribution in [0, 0.1) is 0 Å². The van der Waals surface area contributed by atoms with E-state index in [1.807, 2.05) is 0 Å². The lowest BCUT2D eigenvalue weighted by molar-refractivity contribution is 0.0744. The third-order valence-corrected chi connectivity index (χ3v) is 2.15. The van der Waals surface area contributed by atoms with Crippen LogP contribution in [0.2, 0.25) is 0 Å². The smallest absolute Gasteiger partial charge is 0.230 e. The summed E-state index contributed by atoms with van der Waals surface area (Å²) in [7, 11) is 1.56. The van der Waals surface area contributed by atoms with Crippen molar-refractivity contribution in [3.63, 3.8) is 0 Å². The van der Waals surface area contributed by atoms with E-state index in [1.54, 1.807) is 43.9 Å². The fourth-order valence-electron chi connectivity index (χ4n) is 1.28. The fraction of sp³-hybridized carbons (Fsp3) is 0.400. The summed E-state index contributed by atoms with van der Waals surface area (Å²) in [6.07, 6.45) is 5.09. The monoisotopic (exact) mass is 207 g/mol. The molecule has 0 aliphatic rings. The average Bonchev–Trinajstić information content (AvgIpc) is 2.59. The second kappa shape index (κ2) is 3.20. The van der Waals surface area contributed by atoms with Gasteiger partial charge in [0.25, 0.3) is 0 Å². The highest BCUT2D eigenvalue weighted by atomic mass is 16.5. The van der Waals surface area contributed by atoms with E-state index in [0.29, 0.717) is 17.2 Å². The summed E-state index contributed by atoms with van der Waals surface area (Å²) < 4.78 is 6.77. The van der Waals surface area contributed by atoms with E-state index in [-0.39, 0.29) is 0 Å². The first-order chi connectivity index (χ1) is 7.00. The number of aliphatic hydroxyl groups is 1. The minimum Gasteiger partial charge on any atom is -0.480 e. The van der Waals surface area contributed by atoms with E-state index < -0.39 is 5.60 Å². The molecule has 15 heavy (non-hydrogen) atoms. The maximum absolute atomic E-state index is 9.79. The van der Waals surface area contributed by atoms with Crippen molar-refractivity contribution in [2.75, 3.05) is 7.11 Å². The van der Waals surface area contributed by atoms with Crippen LogP contribution in [-0.4, -0.2) is 26.6 Å². The third-order valence-electron chi connectivity index (χ3n) is 2.15. The van der Waals surface area contributed by atoms with Crippen molar-refractivity contribution in [1.29, 1.82) is 0 Å². The number of aromatic nitrogens is 3. The Hall–Kier alpha value is -1.62. The van der Waals surface area contributed by atoms with Crippen molar-refractivity contribution in [1.82, 2.24) is 14.4 Å². The highest BCUT2D eigenvalue weighted by Gasteiger charge is 2.19. The van der Waals surface area contributed by atoms with Crippen LogP contribution in [0.3, 0.4) is 0 Å². The molecule has 2 rings (SSSR count). The van der Waals surface area contributed by atoms with E-state index >= 15 is 0 Å². The molecule has 0 aromatic carbocycles. The summed E-state index contributed by atoms with van der Waals surface area (Å²) in [5.41, 5.74) is 0.352. The topological polar surface area (TPSA) is 59.7 Å². The van der Waals surface area contributed by atoms with E-state index in [9.17, 15) is 5.11 Å². The van der Waals surface area contributed by atoms with Gasteiger partial charge in [-0.25, -0.2) is 9.97 Å². The van der Waals surface area contributed by atoms with Crippen molar-refractivity contribution in [3.8, 4) is 5.88 Å². The minimum atomic E-state index is -0.945. The first-order valence-corrected chi connectivity index (χ1v) is 4.62. The normalized spacial score (nSPS) is 12.0. The summed E-state index contributed by atoms with van der Waals surface area (Å²) in [5, 5.41) is 9.79. The Labute approximate surface area is 87.4 Å². The van der Waals surface area contributed by atoms with Crippen LogP contribution in [0.15, 0.2) is 18.6 Å². The van der Waals surface area contributed by atoms with Gasteiger partial charge in [-0.15, -0.1) is 0 Å². The minimum absolute atomic E-state index is 0.516. The molecule has 0 fully saturated rings. The second-order valence-electron chi connectivity index (χ2n) is 3.88. The van der Waals surface area contributed by atoms with Crippen molar-refractivity contribution in [2.45, 2.75) is 19.4 Å². The standard InChI is InChI=1S/C10H13N3O2/c1-10(2,14)7-5-13-6-9(15-3)11-4-8(13)12-7/h4-6,14H,1-3H3. The molecule has 2 aromatic heterocycles. The Morgan fingerprint density at radius 3 is 2.73 bits per heavy atom. The molecule has 0 bridgehead atoms. The molecule has 0 aliphatic carbocycles. The Kier molecular flexibility index (Phi) is 2.12. The largest absolute Gasteiger partial charge is 0.480 e. The van der Waals surface area contributed by atoms with Gasteiger partial charge in [0.1, 0.15) is 5.60 Å². The molecule has 0 spiro atoms. The SMILES string of the molecule is COc1cn2cc(C(C)(C)O)nc2cn1. The molecule has 2 aromatic rings. The predicted octanol–water partition coefficient (Wildman–Crippen LogP) is 0.965. The third kappa shape index (κ3) is 1.78. The van der Waals surface area contributed by atoms with Crippen LogP contribution in [0.5, 0.6) is 5.88 Å². The second-order valence-corrected chi connectivity index (χ2v) is 3.88. The molecule has 80 valence electrons. The summed E-state index contributed by atoms with van der Waals surface area (Å²) in [5.74, 6) is 0.516. The van der Waals surface area contributed by atoms with Gasteiger partial charge < -0.3 is 9.84 Å². The number of fused-ring (bicyclic) bond motifs is 1. The van der Waals surface area contributed by atoms with Crippen LogP contribution in [0.4, 0.5) is 0 Å². The maximum Gasteiger partial charge on any atom is 0.230 e. The Morgan fingerprint density at radius 2 is 2.13 bits per heavy atom. The number of hydrogen-bond donors (Lipinski definition) is 1. The maximum atomic E-state index is 9.79. The highest BCUT2D eigenvalue weighted by molar-refractivity contribution is 5.39. The van der Waals surface area contributed by atoms with E-state index in [4.69, 9.17) is 4.74 Å². The van der Waals surface area contributed by atoms with Gasteiger partial charge in [0.15, 0.2) is 5.65 Å². The van der Waals surface area contributed by atoms with Crippen molar-refractivity contribution >= 4 is 5.65 Å². The zero-order valence-electron chi connectivity index (χ0n) is 8.93. The van der Waals surface area contributed by atoms with Gasteiger partial charge in [-0.1, -0.05) is 0 Å². The molecule has 0 atom stereocenters. The lowest BCUT2D eigenvalue weighted by Crippen LogP contribution is -2.15. The zero-order chi connectivity index (χ0) is 11.1. The van der Waals surface area contributed by atoms with Crippen molar-refractivity contribution in [3.05, 3.63) is 24.3 Å². The van der Waals surface area contributed by atoms with Gasteiger partial charge in [-0.3, -0.25) is 4.40 Å². The quantitative estimate of drug-likeness (QED) is 0.797. The molecule has 5 nitrogen and oxygen atoms in total. The highest BCUT2D eigenvalue weighted by Crippen LogP contribution is 2.19. The first-order valence-electron chi connectivity index (χ1n) is 4.62. The van der Waals surface area contributed by atoms with Crippen LogP contribution in [0.1, 0.15) is 19.5 Å². The molecular formula is C10H13N3O2. The number of nitrogens with zero attached hydrogens (tertiary/aromatic N) is 3.